The second kappa shape index (κ2) is 6.77. The molecule has 0 bridgehead atoms. The highest BCUT2D eigenvalue weighted by molar-refractivity contribution is 6.07. The van der Waals surface area contributed by atoms with Gasteiger partial charge in [0.25, 0.3) is 11.5 Å². The summed E-state index contributed by atoms with van der Waals surface area (Å²) in [7, 11) is 0. The van der Waals surface area contributed by atoms with Crippen molar-refractivity contribution < 1.29 is 9.59 Å². The van der Waals surface area contributed by atoms with Crippen molar-refractivity contribution in [2.24, 2.45) is 0 Å². The van der Waals surface area contributed by atoms with Gasteiger partial charge in [0.05, 0.1) is 12.2 Å². The molecule has 1 aliphatic heterocycles. The van der Waals surface area contributed by atoms with Crippen LogP contribution in [-0.4, -0.2) is 26.2 Å². The van der Waals surface area contributed by atoms with E-state index in [0.29, 0.717) is 16.9 Å². The molecule has 7 nitrogen and oxygen atoms in total. The van der Waals surface area contributed by atoms with Crippen molar-refractivity contribution in [3.8, 4) is 0 Å². The zero-order chi connectivity index (χ0) is 21.8. The molecule has 0 radical (unpaired) electrons. The van der Waals surface area contributed by atoms with E-state index in [9.17, 15) is 14.4 Å². The zero-order valence-electron chi connectivity index (χ0n) is 17.1. The summed E-state index contributed by atoms with van der Waals surface area (Å²) in [6.07, 6.45) is 0. The van der Waals surface area contributed by atoms with E-state index >= 15 is 0 Å². The number of hydrogen-bond donors (Lipinski definition) is 1. The van der Waals surface area contributed by atoms with Gasteiger partial charge in [-0.2, -0.15) is 0 Å². The van der Waals surface area contributed by atoms with Crippen molar-refractivity contribution >= 4 is 28.4 Å². The molecule has 1 fully saturated rings. The van der Waals surface area contributed by atoms with Crippen LogP contribution in [-0.2, 0) is 16.9 Å². The maximum atomic E-state index is 13.3. The number of nitrogens with one attached hydrogen (secondary N) is 1. The first-order valence-corrected chi connectivity index (χ1v) is 9.98. The summed E-state index contributed by atoms with van der Waals surface area (Å²) in [6, 6.07) is 19.8. The van der Waals surface area contributed by atoms with E-state index in [1.165, 1.54) is 10.5 Å². The van der Waals surface area contributed by atoms with Crippen LogP contribution in [0.1, 0.15) is 23.9 Å². The molecule has 1 aliphatic rings. The van der Waals surface area contributed by atoms with Crippen LogP contribution in [0.2, 0.25) is 0 Å². The fraction of sp³-hybridized carbons (Fsp3) is 0.167. The highest BCUT2D eigenvalue weighted by Crippen LogP contribution is 2.31. The highest BCUT2D eigenvalue weighted by atomic mass is 16.2. The van der Waals surface area contributed by atoms with Crippen LogP contribution in [0.15, 0.2) is 71.5 Å². The fourth-order valence-corrected chi connectivity index (χ4v) is 4.14. The Morgan fingerprint density at radius 1 is 0.935 bits per heavy atom. The third-order valence-electron chi connectivity index (χ3n) is 5.86. The number of benzene rings is 2. The number of carbonyl (C=O) groups is 2. The largest absolute Gasteiger partial charge is 0.325 e. The van der Waals surface area contributed by atoms with E-state index in [2.05, 4.69) is 10.3 Å². The van der Waals surface area contributed by atoms with Crippen LogP contribution in [0, 0.1) is 6.92 Å². The van der Waals surface area contributed by atoms with Crippen molar-refractivity contribution in [1.82, 2.24) is 19.6 Å². The van der Waals surface area contributed by atoms with Crippen molar-refractivity contribution in [2.45, 2.75) is 25.9 Å². The summed E-state index contributed by atoms with van der Waals surface area (Å²) in [5.74, 6) is -0.376. The predicted molar refractivity (Wildman–Crippen MR) is 117 cm³/mol. The van der Waals surface area contributed by atoms with Gasteiger partial charge in [0.1, 0.15) is 11.2 Å². The Hall–Kier alpha value is -4.00. The molecule has 1 N–H and O–H groups in total. The molecule has 1 atom stereocenters. The summed E-state index contributed by atoms with van der Waals surface area (Å²) >= 11 is 0. The molecule has 3 amide bonds. The van der Waals surface area contributed by atoms with Crippen LogP contribution in [0.4, 0.5) is 4.79 Å². The van der Waals surface area contributed by atoms with Crippen LogP contribution in [0.3, 0.4) is 0 Å². The van der Waals surface area contributed by atoms with E-state index in [4.69, 9.17) is 0 Å². The maximum absolute atomic E-state index is 13.3. The third-order valence-corrected chi connectivity index (χ3v) is 5.86. The van der Waals surface area contributed by atoms with Gasteiger partial charge in [-0.25, -0.2) is 9.78 Å². The quantitative estimate of drug-likeness (QED) is 0.524. The average molecular weight is 412 g/mol. The molecule has 0 spiro atoms. The van der Waals surface area contributed by atoms with Crippen LogP contribution in [0.5, 0.6) is 0 Å². The maximum Gasteiger partial charge on any atom is 0.325 e. The molecule has 2 aromatic heterocycles. The molecular weight excluding hydrogens is 392 g/mol. The van der Waals surface area contributed by atoms with Gasteiger partial charge in [0.2, 0.25) is 0 Å². The van der Waals surface area contributed by atoms with Crippen LogP contribution >= 0.6 is 0 Å². The van der Waals surface area contributed by atoms with Gasteiger partial charge in [-0.1, -0.05) is 42.5 Å². The summed E-state index contributed by atoms with van der Waals surface area (Å²) < 4.78 is 1.49. The second-order valence-corrected chi connectivity index (χ2v) is 7.95. The summed E-state index contributed by atoms with van der Waals surface area (Å²) in [5, 5.41) is 4.86. The van der Waals surface area contributed by atoms with Gasteiger partial charge in [-0.15, -0.1) is 0 Å². The number of fused-ring (bicyclic) bond motifs is 2. The number of pyridine rings is 1. The van der Waals surface area contributed by atoms with Crippen molar-refractivity contribution in [2.75, 3.05) is 0 Å². The molecule has 31 heavy (non-hydrogen) atoms. The number of carbonyl (C=O) groups excluding carboxylic acids is 2. The Balaban J connectivity index is 1.50. The first kappa shape index (κ1) is 19.0. The molecule has 154 valence electrons. The number of urea groups is 1. The minimum atomic E-state index is -1.19. The highest BCUT2D eigenvalue weighted by Gasteiger charge is 2.49. The molecule has 0 aliphatic carbocycles. The van der Waals surface area contributed by atoms with E-state index < -0.39 is 11.6 Å². The normalized spacial score (nSPS) is 18.7. The van der Waals surface area contributed by atoms with Crippen molar-refractivity contribution in [3.05, 3.63) is 94.0 Å². The minimum Gasteiger partial charge on any atom is -0.319 e. The summed E-state index contributed by atoms with van der Waals surface area (Å²) in [6.45, 7) is 3.44. The third kappa shape index (κ3) is 2.97. The van der Waals surface area contributed by atoms with Crippen molar-refractivity contribution in [1.29, 1.82) is 0 Å². The lowest BCUT2D eigenvalue weighted by Gasteiger charge is -2.22. The van der Waals surface area contributed by atoms with E-state index in [0.717, 1.165) is 21.4 Å². The minimum absolute atomic E-state index is 0.0759. The number of aromatic nitrogens is 2. The Morgan fingerprint density at radius 3 is 2.52 bits per heavy atom. The van der Waals surface area contributed by atoms with Crippen molar-refractivity contribution in [3.63, 3.8) is 0 Å². The number of rotatable bonds is 3. The number of amides is 3. The van der Waals surface area contributed by atoms with Gasteiger partial charge in [-0.05, 0) is 48.4 Å². The standard InChI is InChI=1S/C24H20N4O3/c1-15-6-5-9-20-25-19(13-21(29)28(15)20)14-27-22(30)24(2,26-23(27)31)18-11-10-16-7-3-4-8-17(16)12-18/h3-13H,14H2,1-2H3,(H,26,31). The molecule has 4 aromatic rings. The molecular formula is C24H20N4O3. The van der Waals surface area contributed by atoms with Gasteiger partial charge in [0.15, 0.2) is 0 Å². The molecule has 2 aromatic carbocycles. The van der Waals surface area contributed by atoms with Gasteiger partial charge in [-0.3, -0.25) is 18.9 Å². The molecule has 0 saturated carbocycles. The van der Waals surface area contributed by atoms with Crippen LogP contribution in [0.25, 0.3) is 16.4 Å². The van der Waals surface area contributed by atoms with E-state index in [1.54, 1.807) is 13.0 Å². The summed E-state index contributed by atoms with van der Waals surface area (Å²) in [5.41, 5.74) is 0.870. The fourth-order valence-electron chi connectivity index (χ4n) is 4.14. The van der Waals surface area contributed by atoms with Crippen LogP contribution < -0.4 is 10.9 Å². The predicted octanol–water partition coefficient (Wildman–Crippen LogP) is 3.12. The molecule has 5 rings (SSSR count). The van der Waals surface area contributed by atoms with Gasteiger partial charge >= 0.3 is 6.03 Å². The molecule has 1 saturated heterocycles. The Kier molecular flexibility index (Phi) is 4.15. The number of aryl methyl sites for hydroxylation is 1. The number of hydrogen-bond acceptors (Lipinski definition) is 4. The van der Waals surface area contributed by atoms with Gasteiger partial charge < -0.3 is 5.32 Å². The first-order chi connectivity index (χ1) is 14.9. The number of nitrogens with zero attached hydrogens (tertiary/aromatic N) is 3. The molecule has 7 heteroatoms. The van der Waals surface area contributed by atoms with Gasteiger partial charge in [0, 0.05) is 11.8 Å². The van der Waals surface area contributed by atoms with E-state index in [1.807, 2.05) is 61.5 Å². The molecule has 3 heterocycles. The SMILES string of the molecule is Cc1cccc2nc(CN3C(=O)NC(C)(c4ccc5ccccc5c4)C3=O)cc(=O)n12. The topological polar surface area (TPSA) is 83.8 Å². The lowest BCUT2D eigenvalue weighted by atomic mass is 9.90. The van der Waals surface area contributed by atoms with E-state index in [-0.39, 0.29) is 18.0 Å². The second-order valence-electron chi connectivity index (χ2n) is 7.95. The number of imide groups is 1. The summed E-state index contributed by atoms with van der Waals surface area (Å²) in [4.78, 5) is 44.2. The average Bonchev–Trinajstić information content (AvgIpc) is 2.97. The zero-order valence-corrected chi connectivity index (χ0v) is 17.1. The Morgan fingerprint density at radius 2 is 1.71 bits per heavy atom. The Labute approximate surface area is 177 Å². The Bertz CT molecular complexity index is 1440. The lowest BCUT2D eigenvalue weighted by Crippen LogP contribution is -2.40. The monoisotopic (exact) mass is 412 g/mol. The molecule has 1 unspecified atom stereocenters. The smallest absolute Gasteiger partial charge is 0.319 e. The lowest BCUT2D eigenvalue weighted by molar-refractivity contribution is -0.131. The first-order valence-electron chi connectivity index (χ1n) is 9.98.